The van der Waals surface area contributed by atoms with Gasteiger partial charge in [-0.25, -0.2) is 0 Å². The molecule has 0 saturated heterocycles. The Kier molecular flexibility index (Phi) is 7.56. The van der Waals surface area contributed by atoms with Gasteiger partial charge in [-0.1, -0.05) is 56.5 Å². The van der Waals surface area contributed by atoms with Gasteiger partial charge in [0.1, 0.15) is 0 Å². The molecule has 0 atom stereocenters. The maximum Gasteiger partial charge on any atom is 0.0321 e. The highest BCUT2D eigenvalue weighted by Gasteiger charge is 2.08. The lowest BCUT2D eigenvalue weighted by Gasteiger charge is -2.11. The molecule has 0 nitrogen and oxygen atoms in total. The van der Waals surface area contributed by atoms with Gasteiger partial charge in [0.25, 0.3) is 0 Å². The minimum atomic E-state index is 0.978. The average Bonchev–Trinajstić information content (AvgIpc) is 2.25. The number of halogens is 1. The molecule has 0 fully saturated rings. The Morgan fingerprint density at radius 2 is 1.76 bits per heavy atom. The van der Waals surface area contributed by atoms with Gasteiger partial charge in [0.05, 0.1) is 0 Å². The summed E-state index contributed by atoms with van der Waals surface area (Å²) >= 11 is 3.65. The van der Waals surface area contributed by atoms with Crippen LogP contribution >= 0.6 is 15.9 Å². The first kappa shape index (κ1) is 15.9. The fourth-order valence-electron chi connectivity index (χ4n) is 1.37. The fraction of sp³-hybridized carbons (Fsp3) is 0.250. The quantitative estimate of drug-likeness (QED) is 0.537. The smallest absolute Gasteiger partial charge is 0.0321 e. The molecule has 0 aromatic rings. The van der Waals surface area contributed by atoms with Crippen LogP contribution < -0.4 is 0 Å². The van der Waals surface area contributed by atoms with Crippen LogP contribution in [0.15, 0.2) is 70.8 Å². The highest BCUT2D eigenvalue weighted by Crippen LogP contribution is 2.30. The van der Waals surface area contributed by atoms with Gasteiger partial charge in [-0.15, -0.1) is 0 Å². The van der Waals surface area contributed by atoms with Crippen LogP contribution in [-0.4, -0.2) is 0 Å². The third-order valence-corrected chi connectivity index (χ3v) is 3.05. The van der Waals surface area contributed by atoms with Gasteiger partial charge in [0.2, 0.25) is 0 Å². The second kappa shape index (κ2) is 8.08. The first-order chi connectivity index (χ1) is 7.95. The van der Waals surface area contributed by atoms with Crippen LogP contribution in [0.5, 0.6) is 0 Å². The molecule has 17 heavy (non-hydrogen) atoms. The van der Waals surface area contributed by atoms with Crippen molar-refractivity contribution in [2.45, 2.75) is 27.2 Å². The zero-order valence-electron chi connectivity index (χ0n) is 11.0. The highest BCUT2D eigenvalue weighted by atomic mass is 79.9. The molecule has 0 amide bonds. The zero-order chi connectivity index (χ0) is 13.4. The first-order valence-corrected chi connectivity index (χ1v) is 6.46. The van der Waals surface area contributed by atoms with E-state index in [9.17, 15) is 0 Å². The summed E-state index contributed by atoms with van der Waals surface area (Å²) in [6.45, 7) is 17.8. The Morgan fingerprint density at radius 1 is 1.18 bits per heavy atom. The van der Waals surface area contributed by atoms with E-state index >= 15 is 0 Å². The largest absolute Gasteiger partial charge is 0.0991 e. The molecular weight excluding hydrogens is 272 g/mol. The molecule has 0 unspecified atom stereocenters. The summed E-state index contributed by atoms with van der Waals surface area (Å²) in [4.78, 5) is 0. The minimum Gasteiger partial charge on any atom is -0.0991 e. The number of rotatable bonds is 6. The van der Waals surface area contributed by atoms with Crippen molar-refractivity contribution in [3.05, 3.63) is 70.8 Å². The van der Waals surface area contributed by atoms with Gasteiger partial charge >= 0.3 is 0 Å². The maximum atomic E-state index is 4.01. The summed E-state index contributed by atoms with van der Waals surface area (Å²) in [6.07, 6.45) is 8.81. The molecular formula is C16H21Br. The van der Waals surface area contributed by atoms with Gasteiger partial charge < -0.3 is 0 Å². The Bertz CT molecular complexity index is 403. The zero-order valence-corrected chi connectivity index (χ0v) is 12.6. The molecule has 0 radical (unpaired) electrons. The van der Waals surface area contributed by atoms with Crippen molar-refractivity contribution in [2.24, 2.45) is 0 Å². The third kappa shape index (κ3) is 5.18. The molecule has 0 spiro atoms. The van der Waals surface area contributed by atoms with Gasteiger partial charge in [0, 0.05) is 4.48 Å². The summed E-state index contributed by atoms with van der Waals surface area (Å²) in [5.74, 6) is 0. The third-order valence-electron chi connectivity index (χ3n) is 2.20. The average molecular weight is 293 g/mol. The van der Waals surface area contributed by atoms with E-state index in [4.69, 9.17) is 0 Å². The minimum absolute atomic E-state index is 0.978. The number of allylic oxidation sites excluding steroid dienone is 9. The SMILES string of the molecule is C=C\C=C/C(C(=C)C)=C(Br)/C(=C/CC)C(=C)C. The highest BCUT2D eigenvalue weighted by molar-refractivity contribution is 9.12. The molecule has 0 N–H and O–H groups in total. The Labute approximate surface area is 114 Å². The van der Waals surface area contributed by atoms with E-state index in [1.54, 1.807) is 6.08 Å². The predicted octanol–water partition coefficient (Wildman–Crippen LogP) is 5.87. The van der Waals surface area contributed by atoms with Crippen molar-refractivity contribution in [3.63, 3.8) is 0 Å². The van der Waals surface area contributed by atoms with Gasteiger partial charge in [-0.05, 0) is 52.9 Å². The molecule has 0 bridgehead atoms. The molecule has 0 aliphatic rings. The summed E-state index contributed by atoms with van der Waals surface area (Å²) in [5.41, 5.74) is 4.27. The van der Waals surface area contributed by atoms with E-state index in [2.05, 4.69) is 48.7 Å². The van der Waals surface area contributed by atoms with Crippen molar-refractivity contribution in [1.29, 1.82) is 0 Å². The van der Waals surface area contributed by atoms with Crippen LogP contribution in [0.1, 0.15) is 27.2 Å². The molecule has 0 heterocycles. The molecule has 0 aromatic heterocycles. The predicted molar refractivity (Wildman–Crippen MR) is 83.3 cm³/mol. The van der Waals surface area contributed by atoms with Crippen molar-refractivity contribution in [1.82, 2.24) is 0 Å². The van der Waals surface area contributed by atoms with Gasteiger partial charge in [-0.2, -0.15) is 0 Å². The van der Waals surface area contributed by atoms with Crippen LogP contribution in [-0.2, 0) is 0 Å². The van der Waals surface area contributed by atoms with E-state index in [-0.39, 0.29) is 0 Å². The number of hydrogen-bond acceptors (Lipinski definition) is 0. The maximum absolute atomic E-state index is 4.01. The first-order valence-electron chi connectivity index (χ1n) is 5.66. The van der Waals surface area contributed by atoms with Crippen LogP contribution in [0.3, 0.4) is 0 Å². The lowest BCUT2D eigenvalue weighted by atomic mass is 10.0. The van der Waals surface area contributed by atoms with Gasteiger partial charge in [-0.3, -0.25) is 0 Å². The van der Waals surface area contributed by atoms with Gasteiger partial charge in [0.15, 0.2) is 0 Å². The van der Waals surface area contributed by atoms with Crippen molar-refractivity contribution in [2.75, 3.05) is 0 Å². The summed E-state index contributed by atoms with van der Waals surface area (Å²) in [5, 5.41) is 0. The second-order valence-corrected chi connectivity index (χ2v) is 4.70. The lowest BCUT2D eigenvalue weighted by molar-refractivity contribution is 1.19. The van der Waals surface area contributed by atoms with Crippen LogP contribution in [0.2, 0.25) is 0 Å². The molecule has 0 rings (SSSR count). The summed E-state index contributed by atoms with van der Waals surface area (Å²) < 4.78 is 1.04. The van der Waals surface area contributed by atoms with E-state index in [0.29, 0.717) is 0 Å². The van der Waals surface area contributed by atoms with Crippen molar-refractivity contribution >= 4 is 15.9 Å². The molecule has 0 aliphatic carbocycles. The summed E-state index contributed by atoms with van der Waals surface area (Å²) in [7, 11) is 0. The van der Waals surface area contributed by atoms with Crippen molar-refractivity contribution < 1.29 is 0 Å². The second-order valence-electron chi connectivity index (χ2n) is 3.91. The monoisotopic (exact) mass is 292 g/mol. The summed E-state index contributed by atoms with van der Waals surface area (Å²) in [6, 6.07) is 0. The number of hydrogen-bond donors (Lipinski definition) is 0. The van der Waals surface area contributed by atoms with E-state index in [1.807, 2.05) is 26.0 Å². The molecule has 0 saturated carbocycles. The molecule has 1 heteroatoms. The lowest BCUT2D eigenvalue weighted by Crippen LogP contribution is -1.91. The normalized spacial score (nSPS) is 13.5. The van der Waals surface area contributed by atoms with E-state index < -0.39 is 0 Å². The van der Waals surface area contributed by atoms with E-state index in [1.165, 1.54) is 0 Å². The topological polar surface area (TPSA) is 0 Å². The standard InChI is InChI=1S/C16H21Br/c1-7-9-11-15(13(5)6)16(17)14(10-8-2)12(3)4/h7,9-11H,1,3,5,8H2,2,4,6H3/b11-9-,14-10+,16-15+. The van der Waals surface area contributed by atoms with E-state index in [0.717, 1.165) is 33.2 Å². The van der Waals surface area contributed by atoms with Crippen LogP contribution in [0.4, 0.5) is 0 Å². The van der Waals surface area contributed by atoms with Crippen LogP contribution in [0.25, 0.3) is 0 Å². The Morgan fingerprint density at radius 3 is 2.12 bits per heavy atom. The molecule has 0 aromatic carbocycles. The molecule has 0 aliphatic heterocycles. The fourth-order valence-corrected chi connectivity index (χ4v) is 2.34. The van der Waals surface area contributed by atoms with Crippen molar-refractivity contribution in [3.8, 4) is 0 Å². The Balaban J connectivity index is 5.67. The Hall–Kier alpha value is -1.08. The van der Waals surface area contributed by atoms with Crippen LogP contribution in [0, 0.1) is 0 Å². The molecule has 92 valence electrons.